The van der Waals surface area contributed by atoms with Crippen LogP contribution < -0.4 is 0 Å². The van der Waals surface area contributed by atoms with Gasteiger partial charge in [0.1, 0.15) is 0 Å². The van der Waals surface area contributed by atoms with E-state index in [1.54, 1.807) is 18.2 Å². The zero-order chi connectivity index (χ0) is 15.1. The van der Waals surface area contributed by atoms with E-state index >= 15 is 0 Å². The lowest BCUT2D eigenvalue weighted by molar-refractivity contribution is 0.0894. The molecule has 0 fully saturated rings. The van der Waals surface area contributed by atoms with Crippen LogP contribution in [0.25, 0.3) is 0 Å². The summed E-state index contributed by atoms with van der Waals surface area (Å²) in [5, 5.41) is 0.985. The maximum atomic E-state index is 12.4. The molecule has 0 spiro atoms. The third kappa shape index (κ3) is 5.08. The monoisotopic (exact) mass is 315 g/mol. The number of unbranched alkanes of at least 4 members (excludes halogenated alkanes) is 1. The first-order valence-electron chi connectivity index (χ1n) is 7.21. The number of hydrogen-bond acceptors (Lipinski definition) is 2. The lowest BCUT2D eigenvalue weighted by Crippen LogP contribution is -2.37. The van der Waals surface area contributed by atoms with Crippen LogP contribution in [-0.4, -0.2) is 29.8 Å². The van der Waals surface area contributed by atoms with E-state index in [0.29, 0.717) is 28.2 Å². The van der Waals surface area contributed by atoms with E-state index in [2.05, 4.69) is 25.7 Å². The number of ketones is 1. The van der Waals surface area contributed by atoms with Crippen molar-refractivity contribution in [1.82, 2.24) is 4.90 Å². The van der Waals surface area contributed by atoms with Gasteiger partial charge in [0.15, 0.2) is 5.78 Å². The van der Waals surface area contributed by atoms with Gasteiger partial charge in [-0.3, -0.25) is 9.69 Å². The fourth-order valence-electron chi connectivity index (χ4n) is 2.06. The molecule has 0 radical (unpaired) electrons. The Kier molecular flexibility index (Phi) is 7.57. The highest BCUT2D eigenvalue weighted by atomic mass is 35.5. The zero-order valence-corrected chi connectivity index (χ0v) is 14.0. The summed E-state index contributed by atoms with van der Waals surface area (Å²) >= 11 is 12.0. The van der Waals surface area contributed by atoms with Gasteiger partial charge in [-0.15, -0.1) is 0 Å². The molecule has 112 valence electrons. The fraction of sp³-hybridized carbons (Fsp3) is 0.562. The zero-order valence-electron chi connectivity index (χ0n) is 12.5. The van der Waals surface area contributed by atoms with E-state index in [1.807, 2.05) is 0 Å². The number of benzene rings is 1. The highest BCUT2D eigenvalue weighted by Gasteiger charge is 2.18. The molecule has 0 N–H and O–H groups in total. The highest BCUT2D eigenvalue weighted by molar-refractivity contribution is 6.36. The number of carbonyl (C=O) groups is 1. The molecule has 4 heteroatoms. The molecule has 0 aromatic heterocycles. The average Bonchev–Trinajstić information content (AvgIpc) is 2.42. The van der Waals surface area contributed by atoms with Gasteiger partial charge in [0.05, 0.1) is 11.6 Å². The molecule has 1 aromatic carbocycles. The molecule has 0 bridgehead atoms. The molecule has 20 heavy (non-hydrogen) atoms. The van der Waals surface area contributed by atoms with Crippen LogP contribution >= 0.6 is 23.2 Å². The van der Waals surface area contributed by atoms with Crippen LogP contribution in [0.2, 0.25) is 10.0 Å². The van der Waals surface area contributed by atoms with Crippen LogP contribution in [0.3, 0.4) is 0 Å². The minimum Gasteiger partial charge on any atom is -0.293 e. The molecular weight excluding hydrogens is 293 g/mol. The summed E-state index contributed by atoms with van der Waals surface area (Å²) in [7, 11) is 0. The van der Waals surface area contributed by atoms with Crippen molar-refractivity contribution in [2.75, 3.05) is 13.1 Å². The van der Waals surface area contributed by atoms with Gasteiger partial charge in [0, 0.05) is 16.6 Å². The second kappa shape index (κ2) is 8.66. The number of halogens is 2. The lowest BCUT2D eigenvalue weighted by atomic mass is 10.1. The summed E-state index contributed by atoms with van der Waals surface area (Å²) in [4.78, 5) is 14.6. The molecule has 1 rings (SSSR count). The Labute approximate surface area is 132 Å². The average molecular weight is 316 g/mol. The number of rotatable bonds is 8. The second-order valence-corrected chi connectivity index (χ2v) is 5.97. The summed E-state index contributed by atoms with van der Waals surface area (Å²) in [6.07, 6.45) is 3.26. The van der Waals surface area contributed by atoms with Gasteiger partial charge in [-0.1, -0.05) is 43.5 Å². The summed E-state index contributed by atoms with van der Waals surface area (Å²) in [5.74, 6) is 0.0584. The molecule has 2 nitrogen and oxygen atoms in total. The summed E-state index contributed by atoms with van der Waals surface area (Å²) < 4.78 is 0. The molecule has 0 heterocycles. The van der Waals surface area contributed by atoms with E-state index in [0.717, 1.165) is 25.8 Å². The van der Waals surface area contributed by atoms with Crippen LogP contribution in [0, 0.1) is 0 Å². The van der Waals surface area contributed by atoms with E-state index < -0.39 is 0 Å². The first-order chi connectivity index (χ1) is 9.49. The Morgan fingerprint density at radius 1 is 1.30 bits per heavy atom. The van der Waals surface area contributed by atoms with Crippen LogP contribution in [0.5, 0.6) is 0 Å². The van der Waals surface area contributed by atoms with E-state index in [4.69, 9.17) is 23.2 Å². The Hall–Kier alpha value is -0.570. The first-order valence-corrected chi connectivity index (χ1v) is 7.97. The van der Waals surface area contributed by atoms with Crippen molar-refractivity contribution in [3.05, 3.63) is 33.8 Å². The maximum Gasteiger partial charge on any atom is 0.178 e. The van der Waals surface area contributed by atoms with Gasteiger partial charge < -0.3 is 0 Å². The summed E-state index contributed by atoms with van der Waals surface area (Å²) in [6, 6.07) is 5.44. The minimum atomic E-state index is 0.0584. The van der Waals surface area contributed by atoms with Gasteiger partial charge in [0.2, 0.25) is 0 Å². The van der Waals surface area contributed by atoms with Crippen molar-refractivity contribution in [3.8, 4) is 0 Å². The van der Waals surface area contributed by atoms with E-state index in [1.165, 1.54) is 0 Å². The first kappa shape index (κ1) is 17.5. The highest BCUT2D eigenvalue weighted by Crippen LogP contribution is 2.22. The Morgan fingerprint density at radius 2 is 2.00 bits per heavy atom. The quantitative estimate of drug-likeness (QED) is 0.624. The van der Waals surface area contributed by atoms with Crippen LogP contribution in [0.4, 0.5) is 0 Å². The van der Waals surface area contributed by atoms with E-state index in [9.17, 15) is 4.79 Å². The number of hydrogen-bond donors (Lipinski definition) is 0. The molecule has 0 aliphatic heterocycles. The SMILES string of the molecule is CCCCN(CC(=O)c1ccc(Cl)cc1Cl)C(C)CC. The third-order valence-electron chi connectivity index (χ3n) is 3.59. The smallest absolute Gasteiger partial charge is 0.178 e. The predicted octanol–water partition coefficient (Wildman–Crippen LogP) is 5.08. The summed E-state index contributed by atoms with van der Waals surface area (Å²) in [5.41, 5.74) is 0.556. The van der Waals surface area contributed by atoms with Gasteiger partial charge in [-0.2, -0.15) is 0 Å². The van der Waals surface area contributed by atoms with Gasteiger partial charge in [-0.25, -0.2) is 0 Å². The summed E-state index contributed by atoms with van der Waals surface area (Å²) in [6.45, 7) is 7.82. The molecule has 0 amide bonds. The fourth-order valence-corrected chi connectivity index (χ4v) is 2.57. The van der Waals surface area contributed by atoms with Crippen LogP contribution in [0.15, 0.2) is 18.2 Å². The van der Waals surface area contributed by atoms with E-state index in [-0.39, 0.29) is 5.78 Å². The molecule has 0 saturated carbocycles. The number of carbonyl (C=O) groups excluding carboxylic acids is 1. The molecular formula is C16H23Cl2NO. The molecule has 0 aliphatic carbocycles. The number of nitrogens with zero attached hydrogens (tertiary/aromatic N) is 1. The topological polar surface area (TPSA) is 20.3 Å². The second-order valence-electron chi connectivity index (χ2n) is 5.13. The molecule has 1 aromatic rings. The van der Waals surface area contributed by atoms with Crippen molar-refractivity contribution in [1.29, 1.82) is 0 Å². The number of Topliss-reactive ketones (excluding diaryl/α,β-unsaturated/α-hetero) is 1. The van der Waals surface area contributed by atoms with Crippen LogP contribution in [0.1, 0.15) is 50.4 Å². The Balaban J connectivity index is 2.78. The predicted molar refractivity (Wildman–Crippen MR) is 87.0 cm³/mol. The molecule has 0 saturated heterocycles. The van der Waals surface area contributed by atoms with Crippen molar-refractivity contribution in [2.24, 2.45) is 0 Å². The van der Waals surface area contributed by atoms with Crippen molar-refractivity contribution >= 4 is 29.0 Å². The molecule has 0 aliphatic rings. The Morgan fingerprint density at radius 3 is 2.55 bits per heavy atom. The third-order valence-corrected chi connectivity index (χ3v) is 4.14. The minimum absolute atomic E-state index is 0.0584. The lowest BCUT2D eigenvalue weighted by Gasteiger charge is -2.27. The van der Waals surface area contributed by atoms with Crippen molar-refractivity contribution in [3.63, 3.8) is 0 Å². The standard InChI is InChI=1S/C16H23Cl2NO/c1-4-6-9-19(12(3)5-2)11-16(20)14-8-7-13(17)10-15(14)18/h7-8,10,12H,4-6,9,11H2,1-3H3. The van der Waals surface area contributed by atoms with Gasteiger partial charge in [0.25, 0.3) is 0 Å². The van der Waals surface area contributed by atoms with Gasteiger partial charge in [-0.05, 0) is 44.5 Å². The van der Waals surface area contributed by atoms with Crippen molar-refractivity contribution < 1.29 is 4.79 Å². The molecule has 1 unspecified atom stereocenters. The molecule has 1 atom stereocenters. The van der Waals surface area contributed by atoms with Gasteiger partial charge >= 0.3 is 0 Å². The van der Waals surface area contributed by atoms with Crippen LogP contribution in [-0.2, 0) is 0 Å². The largest absolute Gasteiger partial charge is 0.293 e. The Bertz CT molecular complexity index is 448. The normalized spacial score (nSPS) is 12.7. The van der Waals surface area contributed by atoms with Crippen molar-refractivity contribution in [2.45, 2.75) is 46.1 Å². The maximum absolute atomic E-state index is 12.4.